The highest BCUT2D eigenvalue weighted by atomic mass is 32.2. The second-order valence-electron chi connectivity index (χ2n) is 8.55. The summed E-state index contributed by atoms with van der Waals surface area (Å²) in [7, 11) is -4.22. The number of nitrogens with zero attached hydrogens (tertiary/aromatic N) is 2. The van der Waals surface area contributed by atoms with Crippen LogP contribution in [0.3, 0.4) is 0 Å². The van der Waals surface area contributed by atoms with E-state index in [1.54, 1.807) is 4.90 Å². The summed E-state index contributed by atoms with van der Waals surface area (Å²) >= 11 is 0. The summed E-state index contributed by atoms with van der Waals surface area (Å²) in [6.07, 6.45) is 2.59. The van der Waals surface area contributed by atoms with Gasteiger partial charge in [0.25, 0.3) is 0 Å². The number of piperazine rings is 1. The van der Waals surface area contributed by atoms with Crippen molar-refractivity contribution in [2.24, 2.45) is 0 Å². The summed E-state index contributed by atoms with van der Waals surface area (Å²) in [6, 6.07) is 13.4. The van der Waals surface area contributed by atoms with Crippen LogP contribution in [0.2, 0.25) is 0 Å². The number of benzene rings is 2. The second-order valence-corrected chi connectivity index (χ2v) is 10.2. The van der Waals surface area contributed by atoms with Gasteiger partial charge in [-0.3, -0.25) is 9.69 Å². The molecule has 2 aromatic carbocycles. The third-order valence-corrected chi connectivity index (χ3v) is 7.68. The molecule has 178 valence electrons. The van der Waals surface area contributed by atoms with E-state index < -0.39 is 26.8 Å². The van der Waals surface area contributed by atoms with Crippen LogP contribution < -0.4 is 4.72 Å². The van der Waals surface area contributed by atoms with Crippen molar-refractivity contribution in [3.05, 3.63) is 66.0 Å². The Bertz CT molecular complexity index is 1040. The zero-order chi connectivity index (χ0) is 23.3. The van der Waals surface area contributed by atoms with Gasteiger partial charge in [-0.1, -0.05) is 42.5 Å². The first kappa shape index (κ1) is 23.8. The van der Waals surface area contributed by atoms with Crippen LogP contribution >= 0.6 is 0 Å². The van der Waals surface area contributed by atoms with Crippen molar-refractivity contribution >= 4 is 15.9 Å². The fraction of sp³-hybridized carbons (Fsp3) is 0.458. The van der Waals surface area contributed by atoms with Gasteiger partial charge < -0.3 is 9.64 Å². The van der Waals surface area contributed by atoms with Crippen molar-refractivity contribution in [2.45, 2.75) is 36.3 Å². The number of rotatable bonds is 8. The molecular weight excluding hydrogens is 445 g/mol. The van der Waals surface area contributed by atoms with Gasteiger partial charge in [-0.05, 0) is 37.0 Å². The Hall–Kier alpha value is -2.33. The summed E-state index contributed by atoms with van der Waals surface area (Å²) < 4.78 is 48.3. The largest absolute Gasteiger partial charge is 0.377 e. The van der Waals surface area contributed by atoms with Crippen molar-refractivity contribution in [2.75, 3.05) is 39.3 Å². The Balaban J connectivity index is 1.46. The molecule has 2 aromatic rings. The minimum absolute atomic E-state index is 0.184. The van der Waals surface area contributed by atoms with Crippen LogP contribution in [0.4, 0.5) is 4.39 Å². The standard InChI is InChI=1S/C24H30FN3O4S/c25-21-10-4-5-11-23(21)33(30,31)26-22(17-19-7-2-1-3-8-19)24(29)28-14-12-27(13-15-28)18-20-9-6-16-32-20/h1-5,7-8,10-11,20,22,26H,6,9,12-18H2/t20-,22-/m0/s1. The topological polar surface area (TPSA) is 79.0 Å². The second kappa shape index (κ2) is 10.7. The van der Waals surface area contributed by atoms with Crippen molar-refractivity contribution in [1.29, 1.82) is 0 Å². The average molecular weight is 476 g/mol. The Morgan fingerprint density at radius 3 is 2.42 bits per heavy atom. The first-order valence-corrected chi connectivity index (χ1v) is 12.8. The van der Waals surface area contributed by atoms with E-state index in [4.69, 9.17) is 4.74 Å². The van der Waals surface area contributed by atoms with Crippen molar-refractivity contribution in [3.63, 3.8) is 0 Å². The third kappa shape index (κ3) is 6.17. The fourth-order valence-corrected chi connectivity index (χ4v) is 5.66. The van der Waals surface area contributed by atoms with Crippen LogP contribution in [0.25, 0.3) is 0 Å². The highest BCUT2D eigenvalue weighted by Gasteiger charge is 2.33. The van der Waals surface area contributed by atoms with E-state index in [1.807, 2.05) is 30.3 Å². The van der Waals surface area contributed by atoms with Gasteiger partial charge >= 0.3 is 0 Å². The third-order valence-electron chi connectivity index (χ3n) is 6.17. The van der Waals surface area contributed by atoms with Crippen molar-refractivity contribution in [1.82, 2.24) is 14.5 Å². The molecule has 1 amide bonds. The van der Waals surface area contributed by atoms with E-state index in [9.17, 15) is 17.6 Å². The molecule has 7 nitrogen and oxygen atoms in total. The maximum Gasteiger partial charge on any atom is 0.244 e. The molecule has 2 atom stereocenters. The molecular formula is C24H30FN3O4S. The lowest BCUT2D eigenvalue weighted by Crippen LogP contribution is -2.56. The quantitative estimate of drug-likeness (QED) is 0.632. The van der Waals surface area contributed by atoms with Crippen LogP contribution in [0.5, 0.6) is 0 Å². The molecule has 2 aliphatic rings. The number of nitrogens with one attached hydrogen (secondary N) is 1. The number of carbonyl (C=O) groups excluding carboxylic acids is 1. The van der Waals surface area contributed by atoms with E-state index in [-0.39, 0.29) is 18.4 Å². The molecule has 2 aliphatic heterocycles. The van der Waals surface area contributed by atoms with E-state index in [0.29, 0.717) is 26.2 Å². The van der Waals surface area contributed by atoms with Gasteiger partial charge in [0.15, 0.2) is 0 Å². The molecule has 33 heavy (non-hydrogen) atoms. The van der Waals surface area contributed by atoms with Gasteiger partial charge in [-0.2, -0.15) is 4.72 Å². The first-order chi connectivity index (χ1) is 15.9. The summed E-state index contributed by atoms with van der Waals surface area (Å²) in [5, 5.41) is 0. The molecule has 0 unspecified atom stereocenters. The lowest BCUT2D eigenvalue weighted by Gasteiger charge is -2.37. The molecule has 0 aliphatic carbocycles. The number of hydrogen-bond acceptors (Lipinski definition) is 5. The molecule has 2 fully saturated rings. The zero-order valence-corrected chi connectivity index (χ0v) is 19.3. The maximum atomic E-state index is 14.2. The summed E-state index contributed by atoms with van der Waals surface area (Å²) in [5.41, 5.74) is 0.823. The molecule has 0 aromatic heterocycles. The van der Waals surface area contributed by atoms with Crippen molar-refractivity contribution < 1.29 is 22.3 Å². The lowest BCUT2D eigenvalue weighted by atomic mass is 10.1. The number of halogens is 1. The lowest BCUT2D eigenvalue weighted by molar-refractivity contribution is -0.134. The SMILES string of the molecule is O=C([C@H](Cc1ccccc1)NS(=O)(=O)c1ccccc1F)N1CCN(C[C@@H]2CCCO2)CC1. The highest BCUT2D eigenvalue weighted by molar-refractivity contribution is 7.89. The predicted molar refractivity (Wildman–Crippen MR) is 123 cm³/mol. The van der Waals surface area contributed by atoms with Gasteiger partial charge in [0, 0.05) is 39.3 Å². The molecule has 0 saturated carbocycles. The molecule has 0 radical (unpaired) electrons. The van der Waals surface area contributed by atoms with E-state index >= 15 is 0 Å². The maximum absolute atomic E-state index is 14.2. The summed E-state index contributed by atoms with van der Waals surface area (Å²) in [5.74, 6) is -1.14. The minimum atomic E-state index is -4.22. The number of carbonyl (C=O) groups is 1. The van der Waals surface area contributed by atoms with Crippen LogP contribution in [-0.2, 0) is 26.0 Å². The summed E-state index contributed by atoms with van der Waals surface area (Å²) in [4.78, 5) is 16.9. The van der Waals surface area contributed by atoms with Crippen molar-refractivity contribution in [3.8, 4) is 0 Å². The Kier molecular flexibility index (Phi) is 7.75. The molecule has 2 heterocycles. The smallest absolute Gasteiger partial charge is 0.244 e. The van der Waals surface area contributed by atoms with Gasteiger partial charge in [0.2, 0.25) is 15.9 Å². The Morgan fingerprint density at radius 2 is 1.76 bits per heavy atom. The molecule has 1 N–H and O–H groups in total. The van der Waals surface area contributed by atoms with Gasteiger partial charge in [0.05, 0.1) is 6.10 Å². The zero-order valence-electron chi connectivity index (χ0n) is 18.5. The fourth-order valence-electron chi connectivity index (χ4n) is 4.39. The first-order valence-electron chi connectivity index (χ1n) is 11.4. The number of ether oxygens (including phenoxy) is 1. The van der Waals surface area contributed by atoms with Crippen LogP contribution in [0.15, 0.2) is 59.5 Å². The molecule has 4 rings (SSSR count). The predicted octanol–water partition coefficient (Wildman–Crippen LogP) is 2.04. The van der Waals surface area contributed by atoms with E-state index in [0.717, 1.165) is 37.6 Å². The van der Waals surface area contributed by atoms with Crippen LogP contribution in [0.1, 0.15) is 18.4 Å². The highest BCUT2D eigenvalue weighted by Crippen LogP contribution is 2.18. The van der Waals surface area contributed by atoms with Gasteiger partial charge in [0.1, 0.15) is 16.8 Å². The molecule has 0 spiro atoms. The number of amides is 1. The molecule has 9 heteroatoms. The molecule has 0 bridgehead atoms. The van der Waals surface area contributed by atoms with Gasteiger partial charge in [-0.25, -0.2) is 12.8 Å². The van der Waals surface area contributed by atoms with E-state index in [2.05, 4.69) is 9.62 Å². The Morgan fingerprint density at radius 1 is 1.06 bits per heavy atom. The van der Waals surface area contributed by atoms with Crippen LogP contribution in [0, 0.1) is 5.82 Å². The average Bonchev–Trinajstić information content (AvgIpc) is 3.32. The summed E-state index contributed by atoms with van der Waals surface area (Å²) in [6.45, 7) is 4.12. The number of hydrogen-bond donors (Lipinski definition) is 1. The Labute approximate surface area is 194 Å². The minimum Gasteiger partial charge on any atom is -0.377 e. The monoisotopic (exact) mass is 475 g/mol. The van der Waals surface area contributed by atoms with E-state index in [1.165, 1.54) is 18.2 Å². The molecule has 2 saturated heterocycles. The van der Waals surface area contributed by atoms with Crippen LogP contribution in [-0.4, -0.2) is 75.6 Å². The van der Waals surface area contributed by atoms with Gasteiger partial charge in [-0.15, -0.1) is 0 Å². The number of sulfonamides is 1. The normalized spacial score (nSPS) is 20.6.